The third-order valence-corrected chi connectivity index (χ3v) is 4.02. The predicted octanol–water partition coefficient (Wildman–Crippen LogP) is 2.57. The number of amides is 1. The van der Waals surface area contributed by atoms with E-state index in [9.17, 15) is 9.59 Å². The summed E-state index contributed by atoms with van der Waals surface area (Å²) in [6.45, 7) is 0. The fourth-order valence-corrected chi connectivity index (χ4v) is 2.69. The second kappa shape index (κ2) is 7.06. The molecule has 0 saturated heterocycles. The number of carbonyl (C=O) groups is 2. The highest BCUT2D eigenvalue weighted by Crippen LogP contribution is 2.24. The number of rotatable bonds is 6. The van der Waals surface area contributed by atoms with Gasteiger partial charge in [0.15, 0.2) is 0 Å². The Morgan fingerprint density at radius 2 is 2.20 bits per heavy atom. The minimum absolute atomic E-state index is 0.0768. The fraction of sp³-hybridized carbons (Fsp3) is 0.154. The number of nitrogens with zero attached hydrogens (tertiary/aromatic N) is 1. The molecule has 7 heteroatoms. The Kier molecular flexibility index (Phi) is 5.14. The predicted molar refractivity (Wildman–Crippen MR) is 81.1 cm³/mol. The second-order valence-electron chi connectivity index (χ2n) is 3.85. The molecule has 1 amide bonds. The van der Waals surface area contributed by atoms with Crippen molar-refractivity contribution in [1.29, 1.82) is 0 Å². The first-order valence-electron chi connectivity index (χ1n) is 5.74. The molecule has 0 aliphatic heterocycles. The van der Waals surface area contributed by atoms with Crippen molar-refractivity contribution in [2.45, 2.75) is 0 Å². The lowest BCUT2D eigenvalue weighted by molar-refractivity contribution is -0.133. The van der Waals surface area contributed by atoms with E-state index in [0.717, 1.165) is 22.3 Å². The molecular formula is C13H12N2O3S2. The van der Waals surface area contributed by atoms with Gasteiger partial charge in [-0.25, -0.2) is 4.98 Å². The number of benzene rings is 1. The third kappa shape index (κ3) is 4.36. The van der Waals surface area contributed by atoms with Crippen LogP contribution in [0.4, 0.5) is 5.69 Å². The molecule has 2 N–H and O–H groups in total. The van der Waals surface area contributed by atoms with Crippen LogP contribution in [-0.2, 0) is 9.59 Å². The molecule has 1 aromatic carbocycles. The highest BCUT2D eigenvalue weighted by atomic mass is 32.2. The van der Waals surface area contributed by atoms with Gasteiger partial charge >= 0.3 is 5.97 Å². The van der Waals surface area contributed by atoms with E-state index >= 15 is 0 Å². The molecule has 0 bridgehead atoms. The zero-order valence-corrected chi connectivity index (χ0v) is 12.0. The Balaban J connectivity index is 1.94. The number of carbonyl (C=O) groups excluding carboxylic acids is 1. The van der Waals surface area contributed by atoms with Crippen molar-refractivity contribution < 1.29 is 14.7 Å². The maximum Gasteiger partial charge on any atom is 0.313 e. The molecule has 2 rings (SSSR count). The number of aliphatic carboxylic acids is 1. The summed E-state index contributed by atoms with van der Waals surface area (Å²) in [5, 5.41) is 14.0. The summed E-state index contributed by atoms with van der Waals surface area (Å²) in [6.07, 6.45) is 1.73. The maximum atomic E-state index is 11.7. The number of thioether (sulfide) groups is 1. The van der Waals surface area contributed by atoms with E-state index in [1.165, 1.54) is 11.3 Å². The van der Waals surface area contributed by atoms with Crippen LogP contribution in [0.5, 0.6) is 0 Å². The quantitative estimate of drug-likeness (QED) is 0.857. The number of aromatic nitrogens is 1. The van der Waals surface area contributed by atoms with Gasteiger partial charge in [-0.3, -0.25) is 9.59 Å². The topological polar surface area (TPSA) is 79.3 Å². The van der Waals surface area contributed by atoms with Crippen molar-refractivity contribution in [2.24, 2.45) is 0 Å². The molecule has 0 atom stereocenters. The largest absolute Gasteiger partial charge is 0.481 e. The Labute approximate surface area is 124 Å². The highest BCUT2D eigenvalue weighted by Gasteiger charge is 2.06. The first-order chi connectivity index (χ1) is 9.65. The molecule has 1 heterocycles. The number of thiazole rings is 1. The molecule has 0 saturated carbocycles. The molecule has 1 aromatic heterocycles. The molecule has 0 unspecified atom stereocenters. The molecule has 5 nitrogen and oxygen atoms in total. The molecule has 0 aliphatic carbocycles. The summed E-state index contributed by atoms with van der Waals surface area (Å²) < 4.78 is 0. The van der Waals surface area contributed by atoms with Crippen LogP contribution in [0.15, 0.2) is 35.8 Å². The highest BCUT2D eigenvalue weighted by molar-refractivity contribution is 8.00. The lowest BCUT2D eigenvalue weighted by Gasteiger charge is -2.06. The van der Waals surface area contributed by atoms with E-state index in [0.29, 0.717) is 5.69 Å². The van der Waals surface area contributed by atoms with E-state index in [4.69, 9.17) is 5.11 Å². The van der Waals surface area contributed by atoms with Crippen molar-refractivity contribution in [3.8, 4) is 10.6 Å². The second-order valence-corrected chi connectivity index (χ2v) is 5.73. The number of anilines is 1. The maximum absolute atomic E-state index is 11.7. The van der Waals surface area contributed by atoms with Gasteiger partial charge in [0.05, 0.1) is 11.5 Å². The average Bonchev–Trinajstić information content (AvgIpc) is 2.92. The van der Waals surface area contributed by atoms with Gasteiger partial charge in [0.2, 0.25) is 5.91 Å². The minimum atomic E-state index is -0.923. The van der Waals surface area contributed by atoms with Gasteiger partial charge in [0.1, 0.15) is 5.01 Å². The van der Waals surface area contributed by atoms with Crippen molar-refractivity contribution in [1.82, 2.24) is 4.98 Å². The first-order valence-corrected chi connectivity index (χ1v) is 7.78. The number of hydrogen-bond acceptors (Lipinski definition) is 5. The first kappa shape index (κ1) is 14.5. The zero-order valence-electron chi connectivity index (χ0n) is 10.4. The zero-order chi connectivity index (χ0) is 14.4. The summed E-state index contributed by atoms with van der Waals surface area (Å²) in [6, 6.07) is 7.40. The van der Waals surface area contributed by atoms with Crippen LogP contribution in [0.25, 0.3) is 10.6 Å². The number of hydrogen-bond donors (Lipinski definition) is 2. The fourth-order valence-electron chi connectivity index (χ4n) is 1.52. The molecule has 0 spiro atoms. The SMILES string of the molecule is O=C(O)CSCC(=O)Nc1cccc(-c2nccs2)c1. The average molecular weight is 308 g/mol. The Bertz CT molecular complexity index is 599. The lowest BCUT2D eigenvalue weighted by atomic mass is 10.2. The van der Waals surface area contributed by atoms with E-state index < -0.39 is 5.97 Å². The van der Waals surface area contributed by atoms with Crippen LogP contribution < -0.4 is 5.32 Å². The number of nitrogens with one attached hydrogen (secondary N) is 1. The summed E-state index contributed by atoms with van der Waals surface area (Å²) >= 11 is 2.60. The molecule has 0 radical (unpaired) electrons. The van der Waals surface area contributed by atoms with E-state index in [2.05, 4.69) is 10.3 Å². The van der Waals surface area contributed by atoms with Gasteiger partial charge in [-0.1, -0.05) is 12.1 Å². The van der Waals surface area contributed by atoms with Crippen molar-refractivity contribution in [3.63, 3.8) is 0 Å². The van der Waals surface area contributed by atoms with Gasteiger partial charge in [0, 0.05) is 22.8 Å². The third-order valence-electron chi connectivity index (χ3n) is 2.28. The Morgan fingerprint density at radius 3 is 2.90 bits per heavy atom. The monoisotopic (exact) mass is 308 g/mol. The number of carboxylic acid groups (broad SMARTS) is 1. The summed E-state index contributed by atoms with van der Waals surface area (Å²) in [7, 11) is 0. The van der Waals surface area contributed by atoms with Gasteiger partial charge in [0.25, 0.3) is 0 Å². The van der Waals surface area contributed by atoms with Crippen LogP contribution in [0, 0.1) is 0 Å². The summed E-state index contributed by atoms with van der Waals surface area (Å²) in [5.74, 6) is -1.10. The Morgan fingerprint density at radius 1 is 1.35 bits per heavy atom. The van der Waals surface area contributed by atoms with E-state index in [-0.39, 0.29) is 17.4 Å². The molecule has 0 aliphatic rings. The Hall–Kier alpha value is -1.86. The van der Waals surface area contributed by atoms with Crippen LogP contribution in [0.2, 0.25) is 0 Å². The molecule has 2 aromatic rings. The van der Waals surface area contributed by atoms with Gasteiger partial charge in [-0.05, 0) is 12.1 Å². The van der Waals surface area contributed by atoms with E-state index in [1.54, 1.807) is 12.3 Å². The summed E-state index contributed by atoms with van der Waals surface area (Å²) in [5.41, 5.74) is 1.62. The van der Waals surface area contributed by atoms with Crippen LogP contribution in [0.1, 0.15) is 0 Å². The molecule has 104 valence electrons. The van der Waals surface area contributed by atoms with Gasteiger partial charge in [-0.15, -0.1) is 23.1 Å². The number of carboxylic acids is 1. The smallest absolute Gasteiger partial charge is 0.313 e. The molecule has 0 fully saturated rings. The molecule has 20 heavy (non-hydrogen) atoms. The standard InChI is InChI=1S/C13H12N2O3S2/c16-11(7-19-8-12(17)18)15-10-3-1-2-9(6-10)13-14-4-5-20-13/h1-6H,7-8H2,(H,15,16)(H,17,18). The van der Waals surface area contributed by atoms with Crippen molar-refractivity contribution in [3.05, 3.63) is 35.8 Å². The van der Waals surface area contributed by atoms with Gasteiger partial charge < -0.3 is 10.4 Å². The van der Waals surface area contributed by atoms with Crippen LogP contribution in [0.3, 0.4) is 0 Å². The summed E-state index contributed by atoms with van der Waals surface area (Å²) in [4.78, 5) is 26.2. The van der Waals surface area contributed by atoms with E-state index in [1.807, 2.05) is 23.6 Å². The van der Waals surface area contributed by atoms with Crippen LogP contribution in [-0.4, -0.2) is 33.5 Å². The van der Waals surface area contributed by atoms with Gasteiger partial charge in [-0.2, -0.15) is 0 Å². The normalized spacial score (nSPS) is 10.2. The van der Waals surface area contributed by atoms with Crippen LogP contribution >= 0.6 is 23.1 Å². The minimum Gasteiger partial charge on any atom is -0.481 e. The molecular weight excluding hydrogens is 296 g/mol. The van der Waals surface area contributed by atoms with Crippen molar-refractivity contribution in [2.75, 3.05) is 16.8 Å². The lowest BCUT2D eigenvalue weighted by Crippen LogP contribution is -2.15. The van der Waals surface area contributed by atoms with Crippen molar-refractivity contribution >= 4 is 40.7 Å².